The summed E-state index contributed by atoms with van der Waals surface area (Å²) in [5.74, 6) is -1.77. The van der Waals surface area contributed by atoms with Crippen molar-refractivity contribution in [3.05, 3.63) is 28.8 Å². The van der Waals surface area contributed by atoms with Gasteiger partial charge >= 0.3 is 0 Å². The molecule has 4 aliphatic rings. The molecule has 0 aliphatic carbocycles. The van der Waals surface area contributed by atoms with Crippen LogP contribution in [0.5, 0.6) is 0 Å². The summed E-state index contributed by atoms with van der Waals surface area (Å²) in [6, 6.07) is 5.21. The Morgan fingerprint density at radius 2 is 1.93 bits per heavy atom. The van der Waals surface area contributed by atoms with Gasteiger partial charge < -0.3 is 5.32 Å². The highest BCUT2D eigenvalue weighted by Gasteiger charge is 2.75. The fourth-order valence-corrected chi connectivity index (χ4v) is 6.01. The van der Waals surface area contributed by atoms with Gasteiger partial charge in [-0.25, -0.2) is 0 Å². The molecule has 4 aliphatic heterocycles. The highest BCUT2D eigenvalue weighted by atomic mass is 35.5. The van der Waals surface area contributed by atoms with Crippen LogP contribution < -0.4 is 5.32 Å². The fraction of sp³-hybridized carbons (Fsp3) is 0.550. The van der Waals surface area contributed by atoms with Gasteiger partial charge in [0.1, 0.15) is 5.54 Å². The standard InChI is InChI=1S/C20H22ClN3O3/c1-19(2,3)24-16(25)14-13-5-4-8-23(13)20(15(14)17(24)26)11-9-10(21)6-7-12(11)22-18(20)27/h6-7,9,13-15H,4-5,8H2,1-3H3,(H,22,27)/t13-,14+,15-,20+/m0/s1. The van der Waals surface area contributed by atoms with Gasteiger partial charge in [0.15, 0.2) is 0 Å². The molecule has 142 valence electrons. The number of hydrogen-bond acceptors (Lipinski definition) is 4. The maximum absolute atomic E-state index is 13.5. The maximum Gasteiger partial charge on any atom is 0.250 e. The lowest BCUT2D eigenvalue weighted by atomic mass is 9.75. The zero-order valence-electron chi connectivity index (χ0n) is 15.6. The van der Waals surface area contributed by atoms with Crippen LogP contribution in [0.4, 0.5) is 5.69 Å². The molecular weight excluding hydrogens is 366 g/mol. The van der Waals surface area contributed by atoms with E-state index in [1.807, 2.05) is 20.8 Å². The van der Waals surface area contributed by atoms with Gasteiger partial charge in [0, 0.05) is 27.9 Å². The fourth-order valence-electron chi connectivity index (χ4n) is 5.84. The van der Waals surface area contributed by atoms with E-state index in [0.717, 1.165) is 18.4 Å². The van der Waals surface area contributed by atoms with Gasteiger partial charge in [0.25, 0.3) is 0 Å². The molecule has 0 saturated carbocycles. The second-order valence-electron chi connectivity index (χ2n) is 9.00. The van der Waals surface area contributed by atoms with Gasteiger partial charge in [-0.05, 0) is 58.4 Å². The summed E-state index contributed by atoms with van der Waals surface area (Å²) in [6.45, 7) is 6.29. The number of imide groups is 1. The van der Waals surface area contributed by atoms with E-state index >= 15 is 0 Å². The zero-order valence-corrected chi connectivity index (χ0v) is 16.3. The van der Waals surface area contributed by atoms with Crippen LogP contribution in [-0.2, 0) is 19.9 Å². The van der Waals surface area contributed by atoms with E-state index in [4.69, 9.17) is 11.6 Å². The number of halogens is 1. The number of carbonyl (C=O) groups is 3. The molecule has 0 radical (unpaired) electrons. The average molecular weight is 388 g/mol. The number of carbonyl (C=O) groups excluding carboxylic acids is 3. The van der Waals surface area contributed by atoms with Crippen LogP contribution in [0.1, 0.15) is 39.2 Å². The van der Waals surface area contributed by atoms with Crippen molar-refractivity contribution in [1.29, 1.82) is 0 Å². The lowest BCUT2D eigenvalue weighted by molar-refractivity contribution is -0.150. The number of rotatable bonds is 0. The molecule has 1 aromatic rings. The summed E-state index contributed by atoms with van der Waals surface area (Å²) < 4.78 is 0. The minimum Gasteiger partial charge on any atom is -0.324 e. The Morgan fingerprint density at radius 3 is 2.63 bits per heavy atom. The number of benzene rings is 1. The molecule has 0 aromatic heterocycles. The Bertz CT molecular complexity index is 908. The molecule has 3 saturated heterocycles. The molecule has 3 amide bonds. The van der Waals surface area contributed by atoms with Crippen LogP contribution in [0.3, 0.4) is 0 Å². The van der Waals surface area contributed by atoms with Crippen molar-refractivity contribution in [1.82, 2.24) is 9.80 Å². The molecule has 6 nitrogen and oxygen atoms in total. The molecule has 7 heteroatoms. The molecule has 0 unspecified atom stereocenters. The number of nitrogens with zero attached hydrogens (tertiary/aromatic N) is 2. The lowest BCUT2D eigenvalue weighted by Gasteiger charge is -2.38. The number of nitrogens with one attached hydrogen (secondary N) is 1. The Labute approximate surface area is 162 Å². The van der Waals surface area contributed by atoms with Crippen molar-refractivity contribution in [3.63, 3.8) is 0 Å². The predicted molar refractivity (Wildman–Crippen MR) is 100 cm³/mol. The third-order valence-electron chi connectivity index (χ3n) is 6.63. The monoisotopic (exact) mass is 387 g/mol. The summed E-state index contributed by atoms with van der Waals surface area (Å²) in [4.78, 5) is 43.7. The first kappa shape index (κ1) is 17.2. The lowest BCUT2D eigenvalue weighted by Crippen LogP contribution is -2.56. The van der Waals surface area contributed by atoms with E-state index in [9.17, 15) is 14.4 Å². The Kier molecular flexibility index (Phi) is 3.26. The highest BCUT2D eigenvalue weighted by molar-refractivity contribution is 6.31. The molecule has 1 spiro atoms. The number of hydrogen-bond donors (Lipinski definition) is 1. The number of fused-ring (bicyclic) bond motifs is 7. The maximum atomic E-state index is 13.5. The SMILES string of the molecule is CC(C)(C)N1C(=O)[C@H]2[C@@H](C1=O)[C@]1(C(=O)Nc3ccc(Cl)cc31)N1CCC[C@@H]21. The number of likely N-dealkylation sites (tertiary alicyclic amines) is 1. The number of anilines is 1. The second-order valence-corrected chi connectivity index (χ2v) is 9.44. The van der Waals surface area contributed by atoms with Gasteiger partial charge in [-0.15, -0.1) is 0 Å². The third-order valence-corrected chi connectivity index (χ3v) is 6.86. The quantitative estimate of drug-likeness (QED) is 0.694. The van der Waals surface area contributed by atoms with Crippen molar-refractivity contribution in [2.45, 2.75) is 50.7 Å². The molecular formula is C20H22ClN3O3. The van der Waals surface area contributed by atoms with Gasteiger partial charge in [0.2, 0.25) is 17.7 Å². The first-order chi connectivity index (χ1) is 12.7. The summed E-state index contributed by atoms with van der Waals surface area (Å²) in [6.07, 6.45) is 1.74. The molecule has 1 N–H and O–H groups in total. The first-order valence-corrected chi connectivity index (χ1v) is 9.83. The van der Waals surface area contributed by atoms with Crippen molar-refractivity contribution < 1.29 is 14.4 Å². The minimum atomic E-state index is -1.14. The van der Waals surface area contributed by atoms with E-state index in [1.54, 1.807) is 18.2 Å². The van der Waals surface area contributed by atoms with Gasteiger partial charge in [0.05, 0.1) is 11.8 Å². The van der Waals surface area contributed by atoms with Crippen molar-refractivity contribution >= 4 is 35.0 Å². The van der Waals surface area contributed by atoms with Crippen LogP contribution in [-0.4, -0.2) is 45.6 Å². The second kappa shape index (κ2) is 5.11. The molecule has 1 aromatic carbocycles. The van der Waals surface area contributed by atoms with Crippen molar-refractivity contribution in [2.24, 2.45) is 11.8 Å². The first-order valence-electron chi connectivity index (χ1n) is 9.45. The molecule has 27 heavy (non-hydrogen) atoms. The molecule has 5 rings (SSSR count). The van der Waals surface area contributed by atoms with E-state index in [0.29, 0.717) is 17.3 Å². The highest BCUT2D eigenvalue weighted by Crippen LogP contribution is 2.61. The van der Waals surface area contributed by atoms with Gasteiger partial charge in [-0.3, -0.25) is 24.2 Å². The topological polar surface area (TPSA) is 69.7 Å². The summed E-state index contributed by atoms with van der Waals surface area (Å²) in [5.41, 5.74) is -0.338. The van der Waals surface area contributed by atoms with E-state index in [-0.39, 0.29) is 23.8 Å². The van der Waals surface area contributed by atoms with E-state index < -0.39 is 22.9 Å². The largest absolute Gasteiger partial charge is 0.324 e. The summed E-state index contributed by atoms with van der Waals surface area (Å²) in [7, 11) is 0. The number of amides is 3. The Balaban J connectivity index is 1.77. The van der Waals surface area contributed by atoms with Crippen LogP contribution >= 0.6 is 11.6 Å². The van der Waals surface area contributed by atoms with E-state index in [2.05, 4.69) is 10.2 Å². The average Bonchev–Trinajstić information content (AvgIpc) is 3.25. The van der Waals surface area contributed by atoms with E-state index in [1.165, 1.54) is 4.90 Å². The van der Waals surface area contributed by atoms with Gasteiger partial charge in [-0.1, -0.05) is 11.6 Å². The third kappa shape index (κ3) is 1.88. The smallest absolute Gasteiger partial charge is 0.250 e. The molecule has 4 heterocycles. The Hall–Kier alpha value is -1.92. The normalized spacial score (nSPS) is 35.0. The predicted octanol–water partition coefficient (Wildman–Crippen LogP) is 2.37. The minimum absolute atomic E-state index is 0.0884. The van der Waals surface area contributed by atoms with Gasteiger partial charge in [-0.2, -0.15) is 0 Å². The Morgan fingerprint density at radius 1 is 1.19 bits per heavy atom. The van der Waals surface area contributed by atoms with Crippen molar-refractivity contribution in [2.75, 3.05) is 11.9 Å². The van der Waals surface area contributed by atoms with Crippen LogP contribution in [0.25, 0.3) is 0 Å². The summed E-state index contributed by atoms with van der Waals surface area (Å²) >= 11 is 6.26. The molecule has 0 bridgehead atoms. The summed E-state index contributed by atoms with van der Waals surface area (Å²) in [5, 5.41) is 3.47. The van der Waals surface area contributed by atoms with Crippen LogP contribution in [0.2, 0.25) is 5.02 Å². The zero-order chi connectivity index (χ0) is 19.3. The van der Waals surface area contributed by atoms with Crippen molar-refractivity contribution in [3.8, 4) is 0 Å². The van der Waals surface area contributed by atoms with Crippen LogP contribution in [0.15, 0.2) is 18.2 Å². The van der Waals surface area contributed by atoms with Crippen LogP contribution in [0, 0.1) is 11.8 Å². The molecule has 3 fully saturated rings. The molecule has 4 atom stereocenters.